The summed E-state index contributed by atoms with van der Waals surface area (Å²) >= 11 is 6.25. The van der Waals surface area contributed by atoms with Crippen molar-refractivity contribution < 1.29 is 17.9 Å². The topological polar surface area (TPSA) is 75.7 Å². The van der Waals surface area contributed by atoms with Gasteiger partial charge in [0.25, 0.3) is 15.9 Å². The van der Waals surface area contributed by atoms with Crippen LogP contribution >= 0.6 is 11.6 Å². The first-order valence-corrected chi connectivity index (χ1v) is 11.3. The molecule has 0 atom stereocenters. The number of sulfonamides is 1. The fourth-order valence-electron chi connectivity index (χ4n) is 3.05. The van der Waals surface area contributed by atoms with Crippen LogP contribution in [0.5, 0.6) is 5.75 Å². The predicted octanol–water partition coefficient (Wildman–Crippen LogP) is 4.73. The van der Waals surface area contributed by atoms with Crippen LogP contribution in [0.3, 0.4) is 0 Å². The first kappa shape index (κ1) is 22.7. The average molecular weight is 459 g/mol. The highest BCUT2D eigenvalue weighted by atomic mass is 35.5. The van der Waals surface area contributed by atoms with Gasteiger partial charge in [-0.15, -0.1) is 0 Å². The highest BCUT2D eigenvalue weighted by molar-refractivity contribution is 7.92. The van der Waals surface area contributed by atoms with Crippen molar-refractivity contribution in [2.75, 3.05) is 18.9 Å². The van der Waals surface area contributed by atoms with Gasteiger partial charge < -0.3 is 9.64 Å². The molecular weight excluding hydrogens is 436 g/mol. The van der Waals surface area contributed by atoms with E-state index in [-0.39, 0.29) is 27.1 Å². The van der Waals surface area contributed by atoms with E-state index in [1.54, 1.807) is 26.3 Å². The molecule has 3 rings (SSSR count). The molecule has 3 aromatic rings. The van der Waals surface area contributed by atoms with Gasteiger partial charge in [0.15, 0.2) is 0 Å². The molecule has 0 heterocycles. The number of nitrogens with one attached hydrogen (secondary N) is 1. The van der Waals surface area contributed by atoms with E-state index in [0.717, 1.165) is 11.1 Å². The van der Waals surface area contributed by atoms with E-state index in [1.807, 2.05) is 31.2 Å². The lowest BCUT2D eigenvalue weighted by atomic mass is 10.1. The zero-order valence-corrected chi connectivity index (χ0v) is 19.0. The minimum Gasteiger partial charge on any atom is -0.496 e. The Hall–Kier alpha value is -3.03. The third-order valence-electron chi connectivity index (χ3n) is 4.73. The Balaban J connectivity index is 1.83. The van der Waals surface area contributed by atoms with Crippen molar-refractivity contribution in [3.05, 3.63) is 88.4 Å². The molecule has 31 heavy (non-hydrogen) atoms. The minimum absolute atomic E-state index is 0.134. The number of hydrogen-bond donors (Lipinski definition) is 1. The second-order valence-corrected chi connectivity index (χ2v) is 9.18. The summed E-state index contributed by atoms with van der Waals surface area (Å²) < 4.78 is 33.2. The molecule has 0 radical (unpaired) electrons. The molecule has 0 spiro atoms. The standard InChI is InChI=1S/C23H23ClN2O4S/c1-16-8-11-19(12-9-16)31(28,29)25-18-10-13-21(24)20(14-18)23(27)26(2)15-17-6-4-5-7-22(17)30-3/h4-14,25H,15H2,1-3H3. The molecule has 1 N–H and O–H groups in total. The molecule has 6 nitrogen and oxygen atoms in total. The first-order chi connectivity index (χ1) is 14.7. The molecular formula is C23H23ClN2O4S. The molecule has 0 aliphatic carbocycles. The van der Waals surface area contributed by atoms with E-state index in [9.17, 15) is 13.2 Å². The minimum atomic E-state index is -3.80. The van der Waals surface area contributed by atoms with Crippen LogP contribution in [-0.2, 0) is 16.6 Å². The fourth-order valence-corrected chi connectivity index (χ4v) is 4.30. The molecule has 0 aromatic heterocycles. The van der Waals surface area contributed by atoms with Crippen LogP contribution in [0.2, 0.25) is 5.02 Å². The third-order valence-corrected chi connectivity index (χ3v) is 6.45. The monoisotopic (exact) mass is 458 g/mol. The lowest BCUT2D eigenvalue weighted by Crippen LogP contribution is -2.27. The van der Waals surface area contributed by atoms with Gasteiger partial charge in [0.1, 0.15) is 5.75 Å². The van der Waals surface area contributed by atoms with Crippen molar-refractivity contribution in [1.29, 1.82) is 0 Å². The number of carbonyl (C=O) groups excluding carboxylic acids is 1. The van der Waals surface area contributed by atoms with Crippen LogP contribution in [0.15, 0.2) is 71.6 Å². The van der Waals surface area contributed by atoms with Gasteiger partial charge in [-0.25, -0.2) is 8.42 Å². The summed E-state index contributed by atoms with van der Waals surface area (Å²) in [5.41, 5.74) is 2.24. The van der Waals surface area contributed by atoms with Crippen molar-refractivity contribution in [3.63, 3.8) is 0 Å². The molecule has 1 amide bonds. The lowest BCUT2D eigenvalue weighted by Gasteiger charge is -2.20. The highest BCUT2D eigenvalue weighted by Gasteiger charge is 2.20. The van der Waals surface area contributed by atoms with E-state index in [1.165, 1.54) is 35.2 Å². The zero-order valence-electron chi connectivity index (χ0n) is 17.4. The second-order valence-electron chi connectivity index (χ2n) is 7.09. The molecule has 0 fully saturated rings. The number of nitrogens with zero attached hydrogens (tertiary/aromatic N) is 1. The Kier molecular flexibility index (Phi) is 6.87. The number of para-hydroxylation sites is 1. The van der Waals surface area contributed by atoms with Gasteiger partial charge in [-0.3, -0.25) is 9.52 Å². The molecule has 0 aliphatic heterocycles. The van der Waals surface area contributed by atoms with Crippen LogP contribution in [0.1, 0.15) is 21.5 Å². The highest BCUT2D eigenvalue weighted by Crippen LogP contribution is 2.26. The molecule has 0 unspecified atom stereocenters. The summed E-state index contributed by atoms with van der Waals surface area (Å²) in [6, 6.07) is 18.4. The number of benzene rings is 3. The summed E-state index contributed by atoms with van der Waals surface area (Å²) in [4.78, 5) is 14.6. The number of carbonyl (C=O) groups is 1. The van der Waals surface area contributed by atoms with Gasteiger partial charge in [0.2, 0.25) is 0 Å². The quantitative estimate of drug-likeness (QED) is 0.555. The third kappa shape index (κ3) is 5.37. The number of amides is 1. The Morgan fingerprint density at radius 1 is 1.06 bits per heavy atom. The summed E-state index contributed by atoms with van der Waals surface area (Å²) in [6.45, 7) is 2.18. The van der Waals surface area contributed by atoms with E-state index >= 15 is 0 Å². The number of ether oxygens (including phenoxy) is 1. The van der Waals surface area contributed by atoms with Crippen molar-refractivity contribution in [1.82, 2.24) is 4.90 Å². The van der Waals surface area contributed by atoms with Crippen molar-refractivity contribution >= 4 is 33.2 Å². The van der Waals surface area contributed by atoms with E-state index in [0.29, 0.717) is 12.3 Å². The molecule has 162 valence electrons. The normalized spacial score (nSPS) is 11.1. The first-order valence-electron chi connectivity index (χ1n) is 9.47. The Morgan fingerprint density at radius 2 is 1.74 bits per heavy atom. The SMILES string of the molecule is COc1ccccc1CN(C)C(=O)c1cc(NS(=O)(=O)c2ccc(C)cc2)ccc1Cl. The number of hydrogen-bond acceptors (Lipinski definition) is 4. The smallest absolute Gasteiger partial charge is 0.261 e. The van der Waals surface area contributed by atoms with E-state index < -0.39 is 10.0 Å². The molecule has 0 aliphatic rings. The van der Waals surface area contributed by atoms with Crippen molar-refractivity contribution in [3.8, 4) is 5.75 Å². The molecule has 3 aromatic carbocycles. The number of rotatable bonds is 7. The average Bonchev–Trinajstić information content (AvgIpc) is 2.75. The maximum absolute atomic E-state index is 13.0. The Morgan fingerprint density at radius 3 is 2.42 bits per heavy atom. The van der Waals surface area contributed by atoms with Crippen LogP contribution in [-0.4, -0.2) is 33.4 Å². The van der Waals surface area contributed by atoms with Crippen LogP contribution < -0.4 is 9.46 Å². The maximum atomic E-state index is 13.0. The largest absolute Gasteiger partial charge is 0.496 e. The predicted molar refractivity (Wildman–Crippen MR) is 122 cm³/mol. The maximum Gasteiger partial charge on any atom is 0.261 e. The molecule has 0 saturated heterocycles. The van der Waals surface area contributed by atoms with Gasteiger partial charge in [0, 0.05) is 24.8 Å². The number of halogens is 1. The number of methoxy groups -OCH3 is 1. The van der Waals surface area contributed by atoms with E-state index in [2.05, 4.69) is 4.72 Å². The fraction of sp³-hybridized carbons (Fsp3) is 0.174. The van der Waals surface area contributed by atoms with Crippen molar-refractivity contribution in [2.24, 2.45) is 0 Å². The Bertz CT molecular complexity index is 1190. The van der Waals surface area contributed by atoms with Crippen LogP contribution in [0.4, 0.5) is 5.69 Å². The summed E-state index contributed by atoms with van der Waals surface area (Å²) in [5, 5.41) is 0.232. The van der Waals surface area contributed by atoms with E-state index in [4.69, 9.17) is 16.3 Å². The molecule has 0 saturated carbocycles. The lowest BCUT2D eigenvalue weighted by molar-refractivity contribution is 0.0784. The van der Waals surface area contributed by atoms with Crippen molar-refractivity contribution in [2.45, 2.75) is 18.4 Å². The van der Waals surface area contributed by atoms with Crippen LogP contribution in [0.25, 0.3) is 0 Å². The molecule has 0 bridgehead atoms. The Labute approximate surface area is 187 Å². The van der Waals surface area contributed by atoms with Gasteiger partial charge >= 0.3 is 0 Å². The van der Waals surface area contributed by atoms with Crippen LogP contribution in [0, 0.1) is 6.92 Å². The van der Waals surface area contributed by atoms with Gasteiger partial charge in [0.05, 0.1) is 22.6 Å². The summed E-state index contributed by atoms with van der Waals surface area (Å²) in [7, 11) is -0.580. The molecule has 8 heteroatoms. The van der Waals surface area contributed by atoms with Gasteiger partial charge in [-0.1, -0.05) is 47.5 Å². The van der Waals surface area contributed by atoms with Gasteiger partial charge in [-0.05, 0) is 43.3 Å². The number of anilines is 1. The van der Waals surface area contributed by atoms with Gasteiger partial charge in [-0.2, -0.15) is 0 Å². The second kappa shape index (κ2) is 9.41. The summed E-state index contributed by atoms with van der Waals surface area (Å²) in [5.74, 6) is 0.333. The zero-order chi connectivity index (χ0) is 22.6. The number of aryl methyl sites for hydroxylation is 1. The summed E-state index contributed by atoms with van der Waals surface area (Å²) in [6.07, 6.45) is 0.